The lowest BCUT2D eigenvalue weighted by molar-refractivity contribution is -0.274. The van der Waals surface area contributed by atoms with Crippen molar-refractivity contribution < 1.29 is 31.1 Å². The Kier molecular flexibility index (Phi) is 7.27. The molecule has 12 heteroatoms. The molecule has 0 bridgehead atoms. The Labute approximate surface area is 180 Å². The van der Waals surface area contributed by atoms with Gasteiger partial charge in [0.15, 0.2) is 0 Å². The molecular weight excluding hydrogens is 468 g/mol. The maximum atomic E-state index is 12.6. The second kappa shape index (κ2) is 9.15. The molecule has 0 unspecified atom stereocenters. The molecule has 162 valence electrons. The number of amides is 1. The molecule has 0 saturated heterocycles. The van der Waals surface area contributed by atoms with Crippen LogP contribution in [0.5, 0.6) is 5.75 Å². The number of nitrogens with zero attached hydrogens (tertiary/aromatic N) is 1. The number of nitrogens with one attached hydrogen (secondary N) is 1. The Balaban J connectivity index is 2.37. The Hall–Kier alpha value is -2.43. The lowest BCUT2D eigenvalue weighted by atomic mass is 10.2. The van der Waals surface area contributed by atoms with Crippen LogP contribution >= 0.6 is 23.2 Å². The van der Waals surface area contributed by atoms with Crippen molar-refractivity contribution in [1.82, 2.24) is 9.62 Å². The summed E-state index contributed by atoms with van der Waals surface area (Å²) in [5.41, 5.74) is 0.0835. The molecule has 0 fully saturated rings. The summed E-state index contributed by atoms with van der Waals surface area (Å²) in [7, 11) is -1.46. The van der Waals surface area contributed by atoms with Gasteiger partial charge in [0.05, 0.1) is 14.9 Å². The first-order valence-electron chi connectivity index (χ1n) is 8.05. The summed E-state index contributed by atoms with van der Waals surface area (Å²) in [6.07, 6.45) is -3.66. The maximum Gasteiger partial charge on any atom is 0.573 e. The van der Waals surface area contributed by atoms with E-state index < -0.39 is 28.0 Å². The molecule has 2 aromatic rings. The molecule has 6 nitrogen and oxygen atoms in total. The standard InChI is InChI=1S/C18H15Cl2F3N2O4S/c1-25(2)17(26)16(10-11-3-8-14(19)15(20)9-11)24-30(27,28)13-6-4-12(5-7-13)29-18(21,22)23/h3-10,24H,1-2H3. The van der Waals surface area contributed by atoms with Crippen molar-refractivity contribution in [3.8, 4) is 5.75 Å². The van der Waals surface area contributed by atoms with Crippen molar-refractivity contribution in [2.24, 2.45) is 0 Å². The first kappa shape index (κ1) is 23.8. The fourth-order valence-corrected chi connectivity index (χ4v) is 3.52. The van der Waals surface area contributed by atoms with Crippen molar-refractivity contribution in [2.45, 2.75) is 11.3 Å². The summed E-state index contributed by atoms with van der Waals surface area (Å²) >= 11 is 11.8. The molecule has 0 spiro atoms. The highest BCUT2D eigenvalue weighted by molar-refractivity contribution is 7.89. The lowest BCUT2D eigenvalue weighted by Crippen LogP contribution is -2.34. The fourth-order valence-electron chi connectivity index (χ4n) is 2.17. The van der Waals surface area contributed by atoms with E-state index in [-0.39, 0.29) is 20.6 Å². The van der Waals surface area contributed by atoms with Crippen LogP contribution in [-0.2, 0) is 14.8 Å². The number of likely N-dealkylation sites (N-methyl/N-ethyl adjacent to an activating group) is 1. The minimum atomic E-state index is -4.91. The van der Waals surface area contributed by atoms with Crippen LogP contribution in [0.1, 0.15) is 5.56 Å². The van der Waals surface area contributed by atoms with Crippen LogP contribution in [0.2, 0.25) is 10.0 Å². The number of carbonyl (C=O) groups is 1. The summed E-state index contributed by atoms with van der Waals surface area (Å²) in [6.45, 7) is 0. The average molecular weight is 483 g/mol. The summed E-state index contributed by atoms with van der Waals surface area (Å²) in [5, 5.41) is 0.473. The minimum absolute atomic E-state index is 0.199. The third-order valence-electron chi connectivity index (χ3n) is 3.50. The number of alkyl halides is 3. The fraction of sp³-hybridized carbons (Fsp3) is 0.167. The molecule has 1 N–H and O–H groups in total. The zero-order valence-corrected chi connectivity index (χ0v) is 17.8. The number of hydrogen-bond donors (Lipinski definition) is 1. The Morgan fingerprint density at radius 2 is 1.67 bits per heavy atom. The molecule has 0 atom stereocenters. The Bertz CT molecular complexity index is 1070. The van der Waals surface area contributed by atoms with Gasteiger partial charge < -0.3 is 9.64 Å². The molecule has 0 aromatic heterocycles. The molecule has 30 heavy (non-hydrogen) atoms. The van der Waals surface area contributed by atoms with Gasteiger partial charge in [-0.05, 0) is 48.0 Å². The van der Waals surface area contributed by atoms with Gasteiger partial charge >= 0.3 is 6.36 Å². The van der Waals surface area contributed by atoms with Crippen molar-refractivity contribution >= 4 is 45.2 Å². The van der Waals surface area contributed by atoms with E-state index in [9.17, 15) is 26.4 Å². The predicted octanol–water partition coefficient (Wildman–Crippen LogP) is 4.30. The highest BCUT2D eigenvalue weighted by Gasteiger charge is 2.31. The number of benzene rings is 2. The highest BCUT2D eigenvalue weighted by Crippen LogP contribution is 2.25. The van der Waals surface area contributed by atoms with E-state index in [4.69, 9.17) is 23.2 Å². The molecule has 1 amide bonds. The number of sulfonamides is 1. The molecule has 2 rings (SSSR count). The van der Waals surface area contributed by atoms with Crippen molar-refractivity contribution in [3.05, 3.63) is 63.8 Å². The van der Waals surface area contributed by atoms with Crippen LogP contribution in [0.15, 0.2) is 53.1 Å². The molecule has 0 aliphatic carbocycles. The van der Waals surface area contributed by atoms with Crippen molar-refractivity contribution in [1.29, 1.82) is 0 Å². The Morgan fingerprint density at radius 3 is 2.17 bits per heavy atom. The summed E-state index contributed by atoms with van der Waals surface area (Å²) < 4.78 is 67.9. The summed E-state index contributed by atoms with van der Waals surface area (Å²) in [6, 6.07) is 7.96. The SMILES string of the molecule is CN(C)C(=O)C(=Cc1ccc(Cl)c(Cl)c1)NS(=O)(=O)c1ccc(OC(F)(F)F)cc1. The van der Waals surface area contributed by atoms with E-state index in [0.29, 0.717) is 5.56 Å². The summed E-state index contributed by atoms with van der Waals surface area (Å²) in [5.74, 6) is -1.25. The topological polar surface area (TPSA) is 75.7 Å². The van der Waals surface area contributed by atoms with E-state index in [0.717, 1.165) is 29.2 Å². The van der Waals surface area contributed by atoms with E-state index in [1.54, 1.807) is 0 Å². The summed E-state index contributed by atoms with van der Waals surface area (Å²) in [4.78, 5) is 13.2. The smallest absolute Gasteiger partial charge is 0.406 e. The van der Waals surface area contributed by atoms with Crippen LogP contribution in [0.25, 0.3) is 6.08 Å². The molecule has 2 aromatic carbocycles. The third-order valence-corrected chi connectivity index (χ3v) is 5.62. The van der Waals surface area contributed by atoms with Gasteiger partial charge in [-0.15, -0.1) is 13.2 Å². The van der Waals surface area contributed by atoms with Crippen LogP contribution in [0.4, 0.5) is 13.2 Å². The second-order valence-electron chi connectivity index (χ2n) is 6.06. The maximum absolute atomic E-state index is 12.6. The molecular formula is C18H15Cl2F3N2O4S. The molecule has 0 saturated carbocycles. The zero-order valence-electron chi connectivity index (χ0n) is 15.5. The van der Waals surface area contributed by atoms with Gasteiger partial charge in [0.2, 0.25) is 0 Å². The largest absolute Gasteiger partial charge is 0.573 e. The molecule has 0 aliphatic rings. The molecule has 0 radical (unpaired) electrons. The number of ether oxygens (including phenoxy) is 1. The van der Waals surface area contributed by atoms with Gasteiger partial charge in [-0.1, -0.05) is 29.3 Å². The number of rotatable bonds is 6. The first-order chi connectivity index (χ1) is 13.8. The monoisotopic (exact) mass is 482 g/mol. The molecule has 0 heterocycles. The van der Waals surface area contributed by atoms with Gasteiger partial charge in [-0.2, -0.15) is 0 Å². The van der Waals surface area contributed by atoms with Gasteiger partial charge in [0.25, 0.3) is 15.9 Å². The van der Waals surface area contributed by atoms with E-state index in [1.165, 1.54) is 38.4 Å². The van der Waals surface area contributed by atoms with Gasteiger partial charge in [-0.25, -0.2) is 8.42 Å². The van der Waals surface area contributed by atoms with Crippen LogP contribution in [0.3, 0.4) is 0 Å². The number of halogens is 5. The van der Waals surface area contributed by atoms with E-state index in [1.807, 2.05) is 0 Å². The van der Waals surface area contributed by atoms with E-state index in [2.05, 4.69) is 9.46 Å². The van der Waals surface area contributed by atoms with Gasteiger partial charge in [-0.3, -0.25) is 9.52 Å². The van der Waals surface area contributed by atoms with Crippen LogP contribution in [0, 0.1) is 0 Å². The minimum Gasteiger partial charge on any atom is -0.406 e. The molecule has 0 aliphatic heterocycles. The second-order valence-corrected chi connectivity index (χ2v) is 8.55. The van der Waals surface area contributed by atoms with Crippen molar-refractivity contribution in [3.63, 3.8) is 0 Å². The normalized spacial score (nSPS) is 12.4. The van der Waals surface area contributed by atoms with Crippen molar-refractivity contribution in [2.75, 3.05) is 14.1 Å². The highest BCUT2D eigenvalue weighted by atomic mass is 35.5. The van der Waals surface area contributed by atoms with Crippen LogP contribution in [-0.4, -0.2) is 39.7 Å². The van der Waals surface area contributed by atoms with E-state index >= 15 is 0 Å². The van der Waals surface area contributed by atoms with Crippen LogP contribution < -0.4 is 9.46 Å². The quantitative estimate of drug-likeness (QED) is 0.622. The first-order valence-corrected chi connectivity index (χ1v) is 10.3. The number of carbonyl (C=O) groups excluding carboxylic acids is 1. The number of hydrogen-bond acceptors (Lipinski definition) is 4. The lowest BCUT2D eigenvalue weighted by Gasteiger charge is -2.16. The zero-order chi connectivity index (χ0) is 22.7. The third kappa shape index (κ3) is 6.54. The average Bonchev–Trinajstić information content (AvgIpc) is 2.62. The van der Waals surface area contributed by atoms with Gasteiger partial charge in [0.1, 0.15) is 11.4 Å². The van der Waals surface area contributed by atoms with Gasteiger partial charge in [0, 0.05) is 14.1 Å². The predicted molar refractivity (Wildman–Crippen MR) is 107 cm³/mol. The Morgan fingerprint density at radius 1 is 1.07 bits per heavy atom.